The zero-order valence-corrected chi connectivity index (χ0v) is 23.9. The predicted molar refractivity (Wildman–Crippen MR) is 159 cm³/mol. The Kier molecular flexibility index (Phi) is 7.97. The van der Waals surface area contributed by atoms with Crippen LogP contribution in [-0.2, 0) is 21.2 Å². The predicted octanol–water partition coefficient (Wildman–Crippen LogP) is 7.53. The number of ether oxygens (including phenoxy) is 1. The minimum Gasteiger partial charge on any atom is -0.462 e. The van der Waals surface area contributed by atoms with Crippen LogP contribution in [0.5, 0.6) is 0 Å². The molecule has 0 radical (unpaired) electrons. The topological polar surface area (TPSA) is 93.9 Å². The number of nitrogens with zero attached hydrogens (tertiary/aromatic N) is 1. The lowest BCUT2D eigenvalue weighted by Crippen LogP contribution is -2.37. The summed E-state index contributed by atoms with van der Waals surface area (Å²) < 4.78 is 40.3. The molecule has 0 bridgehead atoms. The van der Waals surface area contributed by atoms with E-state index >= 15 is 0 Å². The monoisotopic (exact) mass is 587 g/mol. The average Bonchev–Trinajstić information content (AvgIpc) is 3.37. The first-order chi connectivity index (χ1) is 19.7. The maximum atomic E-state index is 14.1. The van der Waals surface area contributed by atoms with Gasteiger partial charge in [-0.15, -0.1) is 0 Å². The Morgan fingerprint density at radius 2 is 1.56 bits per heavy atom. The van der Waals surface area contributed by atoms with Gasteiger partial charge in [-0.25, -0.2) is 13.2 Å². The molecular weight excluding hydrogens is 562 g/mol. The standard InChI is InChI=1S/C32H26ClNO6S/c1-3-21-10-17-26(18-11-21)41(37,38)34(31(35)23-12-14-24(33)15-13-23)25-16-19-28-27(20-25)29(32(36)39-4-2)30(40-28)22-8-6-5-7-9-22/h5-20H,3-4H2,1-2H3. The first kappa shape index (κ1) is 28.1. The molecule has 0 aliphatic rings. The molecule has 9 heteroatoms. The van der Waals surface area contributed by atoms with Gasteiger partial charge in [0.05, 0.1) is 17.2 Å². The Morgan fingerprint density at radius 1 is 0.878 bits per heavy atom. The first-order valence-corrected chi connectivity index (χ1v) is 14.8. The number of benzene rings is 4. The van der Waals surface area contributed by atoms with Gasteiger partial charge in [0.15, 0.2) is 0 Å². The van der Waals surface area contributed by atoms with E-state index < -0.39 is 21.9 Å². The molecule has 0 aliphatic carbocycles. The Hall–Kier alpha value is -4.40. The van der Waals surface area contributed by atoms with Crippen molar-refractivity contribution in [3.05, 3.63) is 119 Å². The van der Waals surface area contributed by atoms with Crippen molar-refractivity contribution < 1.29 is 27.2 Å². The van der Waals surface area contributed by atoms with Crippen LogP contribution in [0, 0.1) is 0 Å². The highest BCUT2D eigenvalue weighted by molar-refractivity contribution is 7.93. The molecule has 41 heavy (non-hydrogen) atoms. The Bertz CT molecular complexity index is 1830. The van der Waals surface area contributed by atoms with Crippen LogP contribution in [0.3, 0.4) is 0 Å². The second-order valence-electron chi connectivity index (χ2n) is 9.15. The van der Waals surface area contributed by atoms with Gasteiger partial charge in [-0.05, 0) is 73.5 Å². The molecule has 0 fully saturated rings. The minimum atomic E-state index is -4.39. The molecule has 208 valence electrons. The van der Waals surface area contributed by atoms with Crippen molar-refractivity contribution in [2.75, 3.05) is 10.9 Å². The molecule has 0 atom stereocenters. The van der Waals surface area contributed by atoms with Crippen LogP contribution in [0.2, 0.25) is 5.02 Å². The van der Waals surface area contributed by atoms with Crippen LogP contribution < -0.4 is 4.31 Å². The normalized spacial score (nSPS) is 11.4. The molecule has 4 aromatic carbocycles. The van der Waals surface area contributed by atoms with Crippen LogP contribution in [0.15, 0.2) is 106 Å². The average molecular weight is 588 g/mol. The minimum absolute atomic E-state index is 0.0305. The van der Waals surface area contributed by atoms with Crippen LogP contribution in [0.4, 0.5) is 5.69 Å². The zero-order valence-electron chi connectivity index (χ0n) is 22.3. The number of amides is 1. The van der Waals surface area contributed by atoms with Crippen molar-refractivity contribution in [3.8, 4) is 11.3 Å². The van der Waals surface area contributed by atoms with Gasteiger partial charge in [-0.2, -0.15) is 4.31 Å². The SMILES string of the molecule is CCOC(=O)c1c(-c2ccccc2)oc2ccc(N(C(=O)c3ccc(Cl)cc3)S(=O)(=O)c3ccc(CC)cc3)cc12. The number of fused-ring (bicyclic) bond motifs is 1. The number of esters is 1. The summed E-state index contributed by atoms with van der Waals surface area (Å²) in [6.07, 6.45) is 0.727. The highest BCUT2D eigenvalue weighted by atomic mass is 35.5. The van der Waals surface area contributed by atoms with Crippen LogP contribution in [0.1, 0.15) is 40.1 Å². The van der Waals surface area contributed by atoms with E-state index in [9.17, 15) is 18.0 Å². The molecule has 0 aliphatic heterocycles. The van der Waals surface area contributed by atoms with Crippen LogP contribution >= 0.6 is 11.6 Å². The summed E-state index contributed by atoms with van der Waals surface area (Å²) in [5.41, 5.74) is 2.21. The molecule has 0 N–H and O–H groups in total. The summed E-state index contributed by atoms with van der Waals surface area (Å²) in [7, 11) is -4.39. The molecule has 0 saturated carbocycles. The van der Waals surface area contributed by atoms with Gasteiger partial charge >= 0.3 is 5.97 Å². The van der Waals surface area contributed by atoms with E-state index in [0.717, 1.165) is 16.3 Å². The third kappa shape index (κ3) is 5.49. The number of halogens is 1. The fraction of sp³-hybridized carbons (Fsp3) is 0.125. The Morgan fingerprint density at radius 3 is 2.20 bits per heavy atom. The maximum Gasteiger partial charge on any atom is 0.342 e. The fourth-order valence-corrected chi connectivity index (χ4v) is 6.02. The highest BCUT2D eigenvalue weighted by Gasteiger charge is 2.33. The molecule has 1 amide bonds. The smallest absolute Gasteiger partial charge is 0.342 e. The number of hydrogen-bond donors (Lipinski definition) is 0. The molecule has 7 nitrogen and oxygen atoms in total. The quantitative estimate of drug-likeness (QED) is 0.174. The van der Waals surface area contributed by atoms with E-state index in [0.29, 0.717) is 21.6 Å². The lowest BCUT2D eigenvalue weighted by atomic mass is 10.1. The summed E-state index contributed by atoms with van der Waals surface area (Å²) in [6, 6.07) is 25.8. The van der Waals surface area contributed by atoms with E-state index in [4.69, 9.17) is 20.8 Å². The molecule has 1 aromatic heterocycles. The zero-order chi connectivity index (χ0) is 29.1. The molecule has 0 spiro atoms. The Balaban J connectivity index is 1.73. The van der Waals surface area contributed by atoms with Crippen molar-refractivity contribution >= 4 is 50.2 Å². The number of anilines is 1. The van der Waals surface area contributed by atoms with Gasteiger partial charge in [0.25, 0.3) is 15.9 Å². The van der Waals surface area contributed by atoms with Gasteiger partial charge in [0.2, 0.25) is 0 Å². The lowest BCUT2D eigenvalue weighted by Gasteiger charge is -2.23. The number of rotatable bonds is 8. The lowest BCUT2D eigenvalue weighted by molar-refractivity contribution is 0.0528. The van der Waals surface area contributed by atoms with Gasteiger partial charge < -0.3 is 9.15 Å². The van der Waals surface area contributed by atoms with E-state index in [-0.39, 0.29) is 34.1 Å². The molecule has 0 saturated heterocycles. The van der Waals surface area contributed by atoms with Gasteiger partial charge in [0, 0.05) is 21.5 Å². The second kappa shape index (κ2) is 11.6. The summed E-state index contributed by atoms with van der Waals surface area (Å²) >= 11 is 6.02. The van der Waals surface area contributed by atoms with Crippen molar-refractivity contribution in [3.63, 3.8) is 0 Å². The summed E-state index contributed by atoms with van der Waals surface area (Å²) in [5, 5.41) is 0.712. The third-order valence-corrected chi connectivity index (χ3v) is 8.54. The number of carbonyl (C=O) groups excluding carboxylic acids is 2. The van der Waals surface area contributed by atoms with Gasteiger partial charge in [0.1, 0.15) is 16.9 Å². The number of aryl methyl sites for hydroxylation is 1. The third-order valence-electron chi connectivity index (χ3n) is 6.57. The van der Waals surface area contributed by atoms with E-state index in [1.54, 1.807) is 31.2 Å². The van der Waals surface area contributed by atoms with Gasteiger partial charge in [-0.3, -0.25) is 4.79 Å². The fourth-order valence-electron chi connectivity index (χ4n) is 4.49. The number of hydrogen-bond acceptors (Lipinski definition) is 6. The van der Waals surface area contributed by atoms with Crippen molar-refractivity contribution in [2.45, 2.75) is 25.2 Å². The van der Waals surface area contributed by atoms with Gasteiger partial charge in [-0.1, -0.05) is 61.0 Å². The number of sulfonamides is 1. The molecule has 0 unspecified atom stereocenters. The Labute approximate surface area is 243 Å². The second-order valence-corrected chi connectivity index (χ2v) is 11.4. The van der Waals surface area contributed by atoms with E-state index in [1.807, 2.05) is 25.1 Å². The number of carbonyl (C=O) groups is 2. The van der Waals surface area contributed by atoms with Crippen molar-refractivity contribution in [1.82, 2.24) is 0 Å². The molecule has 5 aromatic rings. The summed E-state index contributed by atoms with van der Waals surface area (Å²) in [6.45, 7) is 3.78. The molecule has 1 heterocycles. The summed E-state index contributed by atoms with van der Waals surface area (Å²) in [5.74, 6) is -1.13. The number of furan rings is 1. The van der Waals surface area contributed by atoms with Crippen molar-refractivity contribution in [2.24, 2.45) is 0 Å². The largest absolute Gasteiger partial charge is 0.462 e. The highest BCUT2D eigenvalue weighted by Crippen LogP contribution is 2.37. The van der Waals surface area contributed by atoms with Crippen molar-refractivity contribution in [1.29, 1.82) is 0 Å². The maximum absolute atomic E-state index is 14.1. The van der Waals surface area contributed by atoms with E-state index in [2.05, 4.69) is 0 Å². The van der Waals surface area contributed by atoms with Crippen LogP contribution in [-0.4, -0.2) is 26.9 Å². The van der Waals surface area contributed by atoms with E-state index in [1.165, 1.54) is 54.6 Å². The molecular formula is C32H26ClNO6S. The summed E-state index contributed by atoms with van der Waals surface area (Å²) in [4.78, 5) is 27.0. The van der Waals surface area contributed by atoms with Crippen LogP contribution in [0.25, 0.3) is 22.3 Å². The first-order valence-electron chi connectivity index (χ1n) is 13.0. The molecule has 5 rings (SSSR count).